The molecule has 2 aliphatic heterocycles. The summed E-state index contributed by atoms with van der Waals surface area (Å²) < 4.78 is 7.19. The lowest BCUT2D eigenvalue weighted by Crippen LogP contribution is -2.56. The molecule has 9 nitrogen and oxygen atoms in total. The van der Waals surface area contributed by atoms with Gasteiger partial charge in [0.2, 0.25) is 5.91 Å². The van der Waals surface area contributed by atoms with Crippen molar-refractivity contribution >= 4 is 28.4 Å². The van der Waals surface area contributed by atoms with E-state index >= 15 is 0 Å². The molecule has 0 aliphatic carbocycles. The third-order valence-electron chi connectivity index (χ3n) is 8.83. The predicted octanol–water partition coefficient (Wildman–Crippen LogP) is 4.27. The Balaban J connectivity index is 1.17. The molecule has 3 aromatic carbocycles. The second-order valence-corrected chi connectivity index (χ2v) is 11.4. The second-order valence-electron chi connectivity index (χ2n) is 11.4. The molecule has 0 bridgehead atoms. The second kappa shape index (κ2) is 11.5. The minimum absolute atomic E-state index is 0.0165. The smallest absolute Gasteiger partial charge is 0.326 e. The lowest BCUT2D eigenvalue weighted by Gasteiger charge is -2.43. The van der Waals surface area contributed by atoms with Crippen molar-refractivity contribution in [2.75, 3.05) is 38.3 Å². The molecule has 0 unspecified atom stereocenters. The molecule has 4 aromatic rings. The van der Waals surface area contributed by atoms with Crippen LogP contribution in [0, 0.1) is 0 Å². The number of nitrogens with zero attached hydrogens (tertiary/aromatic N) is 4. The quantitative estimate of drug-likeness (QED) is 0.304. The van der Waals surface area contributed by atoms with E-state index in [1.54, 1.807) is 14.0 Å². The number of rotatable bonds is 9. The third-order valence-corrected chi connectivity index (χ3v) is 8.83. The van der Waals surface area contributed by atoms with Crippen molar-refractivity contribution in [2.24, 2.45) is 0 Å². The minimum atomic E-state index is -0.628. The molecule has 2 fully saturated rings. The molecule has 0 saturated carbocycles. The number of amides is 1. The first-order chi connectivity index (χ1) is 20.4. The van der Waals surface area contributed by atoms with Gasteiger partial charge in [-0.2, -0.15) is 0 Å². The number of ketones is 1. The Bertz CT molecular complexity index is 1650. The number of piperidine rings is 1. The summed E-state index contributed by atoms with van der Waals surface area (Å²) in [7, 11) is 1.65. The summed E-state index contributed by atoms with van der Waals surface area (Å²) in [5, 5.41) is 0. The summed E-state index contributed by atoms with van der Waals surface area (Å²) in [5.74, 6) is 0.930. The number of aromatic nitrogens is 2. The van der Waals surface area contributed by atoms with E-state index in [1.807, 2.05) is 82.3 Å². The van der Waals surface area contributed by atoms with Crippen LogP contribution in [0.1, 0.15) is 42.1 Å². The summed E-state index contributed by atoms with van der Waals surface area (Å²) in [6, 6.07) is 23.3. The van der Waals surface area contributed by atoms with Gasteiger partial charge in [0.1, 0.15) is 11.3 Å². The van der Waals surface area contributed by atoms with Crippen LogP contribution in [0.25, 0.3) is 11.0 Å². The first-order valence-electron chi connectivity index (χ1n) is 14.6. The van der Waals surface area contributed by atoms with Crippen LogP contribution in [-0.4, -0.2) is 70.0 Å². The number of methoxy groups -OCH3 is 1. The maximum absolute atomic E-state index is 14.2. The topological polar surface area (TPSA) is 90.9 Å². The highest BCUT2D eigenvalue weighted by molar-refractivity contribution is 5.95. The molecular formula is C33H37N5O4. The van der Waals surface area contributed by atoms with E-state index in [0.717, 1.165) is 66.9 Å². The number of likely N-dealkylation sites (tertiary alicyclic amines) is 1. The number of nitrogens with one attached hydrogen (secondary N) is 1. The molecule has 1 N–H and O–H groups in total. The van der Waals surface area contributed by atoms with Crippen molar-refractivity contribution in [3.05, 3.63) is 94.4 Å². The normalized spacial score (nSPS) is 17.0. The molecule has 0 atom stereocenters. The van der Waals surface area contributed by atoms with E-state index < -0.39 is 5.54 Å². The number of hydrogen-bond acceptors (Lipinski definition) is 6. The summed E-state index contributed by atoms with van der Waals surface area (Å²) in [5.41, 5.74) is 3.69. The average molecular weight is 568 g/mol. The van der Waals surface area contributed by atoms with Crippen molar-refractivity contribution in [3.63, 3.8) is 0 Å². The Morgan fingerprint density at radius 3 is 2.45 bits per heavy atom. The zero-order chi connectivity index (χ0) is 29.3. The first kappa shape index (κ1) is 27.8. The van der Waals surface area contributed by atoms with Gasteiger partial charge in [0.15, 0.2) is 5.78 Å². The monoisotopic (exact) mass is 567 g/mol. The molecule has 1 amide bonds. The van der Waals surface area contributed by atoms with Gasteiger partial charge < -0.3 is 24.4 Å². The van der Waals surface area contributed by atoms with Gasteiger partial charge in [-0.05, 0) is 80.8 Å². The highest BCUT2D eigenvalue weighted by Crippen LogP contribution is 2.40. The highest BCUT2D eigenvalue weighted by Gasteiger charge is 2.53. The molecule has 3 heterocycles. The van der Waals surface area contributed by atoms with Crippen LogP contribution in [0.5, 0.6) is 5.75 Å². The number of imidazole rings is 1. The predicted molar refractivity (Wildman–Crippen MR) is 163 cm³/mol. The molecule has 9 heteroatoms. The lowest BCUT2D eigenvalue weighted by molar-refractivity contribution is -0.134. The van der Waals surface area contributed by atoms with Gasteiger partial charge in [0, 0.05) is 37.4 Å². The van der Waals surface area contributed by atoms with Crippen molar-refractivity contribution in [1.29, 1.82) is 0 Å². The number of hydrogen-bond donors (Lipinski definition) is 1. The standard InChI is InChI=1S/C33H37N5O4/c1-24(39)26-8-5-7-25(21-26)22-36-23-38(27-11-13-28(42-2)14-12-27)33(31(36)40)15-19-35(20-16-33)17-6-18-37-30-10-4-3-9-29(30)34-32(37)41/h3-5,7-14,21H,6,15-20,22-23H2,1-2H3,(H,34,41). The van der Waals surface area contributed by atoms with Crippen LogP contribution in [0.15, 0.2) is 77.6 Å². The molecule has 0 radical (unpaired) electrons. The number of carbonyl (C=O) groups is 2. The van der Waals surface area contributed by atoms with Crippen LogP contribution in [0.3, 0.4) is 0 Å². The van der Waals surface area contributed by atoms with E-state index in [2.05, 4.69) is 14.8 Å². The summed E-state index contributed by atoms with van der Waals surface area (Å²) in [6.07, 6.45) is 2.28. The summed E-state index contributed by atoms with van der Waals surface area (Å²) in [4.78, 5) is 48.1. The van der Waals surface area contributed by atoms with Gasteiger partial charge in [-0.15, -0.1) is 0 Å². The molecule has 2 saturated heterocycles. The molecule has 2 aliphatic rings. The van der Waals surface area contributed by atoms with E-state index in [9.17, 15) is 14.4 Å². The molecule has 1 spiro atoms. The van der Waals surface area contributed by atoms with Gasteiger partial charge in [0.05, 0.1) is 24.8 Å². The SMILES string of the molecule is COc1ccc(N2CN(Cc3cccc(C(C)=O)c3)C(=O)C23CCN(CCCn2c(=O)[nH]c4ccccc42)CC3)cc1. The summed E-state index contributed by atoms with van der Waals surface area (Å²) >= 11 is 0. The number of aryl methyl sites for hydroxylation is 1. The Hall–Kier alpha value is -4.37. The molecule has 42 heavy (non-hydrogen) atoms. The Morgan fingerprint density at radius 2 is 1.71 bits per heavy atom. The Labute approximate surface area is 245 Å². The van der Waals surface area contributed by atoms with Crippen LogP contribution < -0.4 is 15.3 Å². The van der Waals surface area contributed by atoms with E-state index in [1.165, 1.54) is 0 Å². The Morgan fingerprint density at radius 1 is 0.952 bits per heavy atom. The van der Waals surface area contributed by atoms with Crippen LogP contribution in [-0.2, 0) is 17.9 Å². The lowest BCUT2D eigenvalue weighted by atomic mass is 9.85. The van der Waals surface area contributed by atoms with Crippen LogP contribution >= 0.6 is 0 Å². The van der Waals surface area contributed by atoms with Crippen LogP contribution in [0.2, 0.25) is 0 Å². The number of ether oxygens (including phenoxy) is 1. The third kappa shape index (κ3) is 5.20. The fourth-order valence-corrected chi connectivity index (χ4v) is 6.51. The zero-order valence-corrected chi connectivity index (χ0v) is 24.2. The van der Waals surface area contributed by atoms with Crippen molar-refractivity contribution < 1.29 is 14.3 Å². The Kier molecular flexibility index (Phi) is 7.60. The largest absolute Gasteiger partial charge is 0.497 e. The molecule has 6 rings (SSSR count). The van der Waals surface area contributed by atoms with Gasteiger partial charge in [-0.25, -0.2) is 4.79 Å². The van der Waals surface area contributed by atoms with Gasteiger partial charge >= 0.3 is 5.69 Å². The number of fused-ring (bicyclic) bond motifs is 1. The maximum Gasteiger partial charge on any atom is 0.326 e. The fraction of sp³-hybridized carbons (Fsp3) is 0.364. The van der Waals surface area contributed by atoms with Crippen molar-refractivity contribution in [3.8, 4) is 5.75 Å². The number of carbonyl (C=O) groups excluding carboxylic acids is 2. The van der Waals surface area contributed by atoms with E-state index in [4.69, 9.17) is 4.74 Å². The van der Waals surface area contributed by atoms with Gasteiger partial charge in [0.25, 0.3) is 0 Å². The molecule has 218 valence electrons. The first-order valence-corrected chi connectivity index (χ1v) is 14.6. The van der Waals surface area contributed by atoms with Gasteiger partial charge in [-0.1, -0.05) is 30.3 Å². The molecular weight excluding hydrogens is 530 g/mol. The maximum atomic E-state index is 14.2. The fourth-order valence-electron chi connectivity index (χ4n) is 6.51. The number of H-pyrrole nitrogens is 1. The average Bonchev–Trinajstić information content (AvgIpc) is 3.47. The number of aromatic amines is 1. The summed E-state index contributed by atoms with van der Waals surface area (Å²) in [6.45, 7) is 5.61. The van der Waals surface area contributed by atoms with E-state index in [-0.39, 0.29) is 17.4 Å². The zero-order valence-electron chi connectivity index (χ0n) is 24.2. The number of anilines is 1. The van der Waals surface area contributed by atoms with Crippen LogP contribution in [0.4, 0.5) is 5.69 Å². The van der Waals surface area contributed by atoms with E-state index in [0.29, 0.717) is 25.3 Å². The van der Waals surface area contributed by atoms with Crippen molar-refractivity contribution in [1.82, 2.24) is 19.4 Å². The van der Waals surface area contributed by atoms with Crippen molar-refractivity contribution in [2.45, 2.75) is 44.8 Å². The molecule has 1 aromatic heterocycles. The minimum Gasteiger partial charge on any atom is -0.497 e. The number of para-hydroxylation sites is 2. The number of benzene rings is 3. The van der Waals surface area contributed by atoms with Gasteiger partial charge in [-0.3, -0.25) is 14.2 Å². The number of Topliss-reactive ketones (excluding diaryl/α,β-unsaturated/α-hetero) is 1. The highest BCUT2D eigenvalue weighted by atomic mass is 16.5.